The van der Waals surface area contributed by atoms with Crippen molar-refractivity contribution in [2.75, 3.05) is 5.32 Å². The smallest absolute Gasteiger partial charge is 0.305 e. The molecule has 0 radical (unpaired) electrons. The zero-order valence-corrected chi connectivity index (χ0v) is 10.6. The molecule has 0 heterocycles. The van der Waals surface area contributed by atoms with Gasteiger partial charge >= 0.3 is 5.97 Å². The first-order valence-corrected chi connectivity index (χ1v) is 5.62. The summed E-state index contributed by atoms with van der Waals surface area (Å²) in [6.45, 7) is 1.65. The van der Waals surface area contributed by atoms with Crippen LogP contribution in [0.15, 0.2) is 22.7 Å². The number of nitro benzene ring substituents is 1. The largest absolute Gasteiger partial charge is 0.481 e. The lowest BCUT2D eigenvalue weighted by atomic mass is 10.2. The Balaban J connectivity index is 2.96. The fraction of sp³-hybridized carbons (Fsp3) is 0.300. The fourth-order valence-corrected chi connectivity index (χ4v) is 1.84. The van der Waals surface area contributed by atoms with E-state index in [1.54, 1.807) is 19.1 Å². The quantitative estimate of drug-likeness (QED) is 0.644. The second-order valence-electron chi connectivity index (χ2n) is 3.53. The van der Waals surface area contributed by atoms with Gasteiger partial charge in [-0.1, -0.05) is 6.07 Å². The standard InChI is InChI=1S/C10H11BrN2O4/c1-6(5-9(14)15)12-10-7(11)3-2-4-8(10)13(16)17/h2-4,6,12H,5H2,1H3,(H,14,15)/t6-/m1/s1. The molecule has 7 heteroatoms. The summed E-state index contributed by atoms with van der Waals surface area (Å²) in [6.07, 6.45) is -0.113. The molecule has 0 saturated heterocycles. The molecule has 17 heavy (non-hydrogen) atoms. The van der Waals surface area contributed by atoms with Crippen molar-refractivity contribution in [1.82, 2.24) is 0 Å². The van der Waals surface area contributed by atoms with Gasteiger partial charge in [0.1, 0.15) is 5.69 Å². The number of hydrogen-bond acceptors (Lipinski definition) is 4. The molecule has 0 aliphatic carbocycles. The van der Waals surface area contributed by atoms with Gasteiger partial charge in [0.25, 0.3) is 5.69 Å². The zero-order chi connectivity index (χ0) is 13.0. The monoisotopic (exact) mass is 302 g/mol. The number of para-hydroxylation sites is 1. The van der Waals surface area contributed by atoms with E-state index in [9.17, 15) is 14.9 Å². The third-order valence-electron chi connectivity index (χ3n) is 2.06. The van der Waals surface area contributed by atoms with Crippen LogP contribution >= 0.6 is 15.9 Å². The van der Waals surface area contributed by atoms with Crippen LogP contribution in [0.25, 0.3) is 0 Å². The van der Waals surface area contributed by atoms with Gasteiger partial charge in [-0.2, -0.15) is 0 Å². The molecule has 0 saturated carbocycles. The van der Waals surface area contributed by atoms with Crippen LogP contribution in [0.1, 0.15) is 13.3 Å². The number of rotatable bonds is 5. The first-order valence-electron chi connectivity index (χ1n) is 4.83. The van der Waals surface area contributed by atoms with Crippen molar-refractivity contribution in [3.05, 3.63) is 32.8 Å². The number of carboxylic acids is 1. The lowest BCUT2D eigenvalue weighted by Crippen LogP contribution is -2.20. The number of carboxylic acid groups (broad SMARTS) is 1. The molecule has 1 rings (SSSR count). The maximum Gasteiger partial charge on any atom is 0.305 e. The summed E-state index contributed by atoms with van der Waals surface area (Å²) in [6, 6.07) is 4.17. The molecule has 0 aliphatic heterocycles. The molecule has 0 aliphatic rings. The number of carbonyl (C=O) groups is 1. The van der Waals surface area contributed by atoms with Gasteiger partial charge in [-0.3, -0.25) is 14.9 Å². The molecular weight excluding hydrogens is 292 g/mol. The molecule has 1 atom stereocenters. The van der Waals surface area contributed by atoms with E-state index in [0.29, 0.717) is 10.2 Å². The Morgan fingerprint density at radius 3 is 2.82 bits per heavy atom. The average Bonchev–Trinajstić information content (AvgIpc) is 2.19. The van der Waals surface area contributed by atoms with Crippen molar-refractivity contribution >= 4 is 33.3 Å². The van der Waals surface area contributed by atoms with Gasteiger partial charge < -0.3 is 10.4 Å². The van der Waals surface area contributed by atoms with Gasteiger partial charge in [0.05, 0.1) is 11.3 Å². The van der Waals surface area contributed by atoms with Gasteiger partial charge in [0, 0.05) is 16.6 Å². The van der Waals surface area contributed by atoms with Crippen molar-refractivity contribution in [2.24, 2.45) is 0 Å². The molecule has 0 fully saturated rings. The first kappa shape index (κ1) is 13.4. The third-order valence-corrected chi connectivity index (χ3v) is 2.72. The van der Waals surface area contributed by atoms with Gasteiger partial charge in [0.15, 0.2) is 0 Å². The maximum absolute atomic E-state index is 10.8. The molecule has 2 N–H and O–H groups in total. The third kappa shape index (κ3) is 3.70. The number of anilines is 1. The van der Waals surface area contributed by atoms with Gasteiger partial charge in [-0.15, -0.1) is 0 Å². The molecule has 0 aromatic heterocycles. The maximum atomic E-state index is 10.8. The van der Waals surface area contributed by atoms with E-state index in [4.69, 9.17) is 5.11 Å². The van der Waals surface area contributed by atoms with E-state index in [1.807, 2.05) is 0 Å². The summed E-state index contributed by atoms with van der Waals surface area (Å²) < 4.78 is 0.531. The average molecular weight is 303 g/mol. The van der Waals surface area contributed by atoms with Crippen LogP contribution in [0.3, 0.4) is 0 Å². The fourth-order valence-electron chi connectivity index (χ4n) is 1.37. The van der Waals surface area contributed by atoms with Crippen LogP contribution in [-0.4, -0.2) is 22.0 Å². The van der Waals surface area contributed by atoms with Crippen LogP contribution in [0.5, 0.6) is 0 Å². The molecule has 1 aromatic rings. The van der Waals surface area contributed by atoms with Gasteiger partial charge in [-0.25, -0.2) is 0 Å². The minimum atomic E-state index is -0.959. The second-order valence-corrected chi connectivity index (χ2v) is 4.39. The van der Waals surface area contributed by atoms with E-state index < -0.39 is 16.9 Å². The van der Waals surface area contributed by atoms with E-state index in [-0.39, 0.29) is 12.1 Å². The molecule has 0 bridgehead atoms. The van der Waals surface area contributed by atoms with Crippen LogP contribution < -0.4 is 5.32 Å². The van der Waals surface area contributed by atoms with Gasteiger partial charge in [-0.05, 0) is 28.9 Å². The number of hydrogen-bond donors (Lipinski definition) is 2. The number of nitrogens with zero attached hydrogens (tertiary/aromatic N) is 1. The number of halogens is 1. The molecule has 0 amide bonds. The number of nitro groups is 1. The van der Waals surface area contributed by atoms with Crippen molar-refractivity contribution in [3.8, 4) is 0 Å². The Kier molecular flexibility index (Phi) is 4.45. The molecule has 6 nitrogen and oxygen atoms in total. The van der Waals surface area contributed by atoms with Crippen LogP contribution in [-0.2, 0) is 4.79 Å². The predicted molar refractivity (Wildman–Crippen MR) is 66.1 cm³/mol. The van der Waals surface area contributed by atoms with Crippen LogP contribution in [0, 0.1) is 10.1 Å². The Morgan fingerprint density at radius 2 is 2.29 bits per heavy atom. The predicted octanol–water partition coefficient (Wildman–Crippen LogP) is 2.63. The molecule has 1 aromatic carbocycles. The minimum absolute atomic E-state index is 0.0865. The summed E-state index contributed by atoms with van der Waals surface area (Å²) in [5, 5.41) is 22.3. The summed E-state index contributed by atoms with van der Waals surface area (Å²) in [5.41, 5.74) is 0.211. The van der Waals surface area contributed by atoms with Crippen molar-refractivity contribution in [3.63, 3.8) is 0 Å². The lowest BCUT2D eigenvalue weighted by molar-refractivity contribution is -0.384. The molecular formula is C10H11BrN2O4. The molecule has 0 spiro atoms. The minimum Gasteiger partial charge on any atom is -0.481 e. The van der Waals surface area contributed by atoms with Crippen LogP contribution in [0.4, 0.5) is 11.4 Å². The molecule has 0 unspecified atom stereocenters. The molecule has 92 valence electrons. The SMILES string of the molecule is C[C@H](CC(=O)O)Nc1c(Br)cccc1[N+](=O)[O-]. The number of aliphatic carboxylic acids is 1. The van der Waals surface area contributed by atoms with E-state index in [0.717, 1.165) is 0 Å². The normalized spacial score (nSPS) is 11.9. The van der Waals surface area contributed by atoms with E-state index in [1.165, 1.54) is 6.07 Å². The summed E-state index contributed by atoms with van der Waals surface area (Å²) in [5.74, 6) is -0.959. The highest BCUT2D eigenvalue weighted by molar-refractivity contribution is 9.10. The second kappa shape index (κ2) is 5.62. The van der Waals surface area contributed by atoms with E-state index in [2.05, 4.69) is 21.2 Å². The summed E-state index contributed by atoms with van der Waals surface area (Å²) >= 11 is 3.20. The summed E-state index contributed by atoms with van der Waals surface area (Å²) in [4.78, 5) is 20.8. The van der Waals surface area contributed by atoms with E-state index >= 15 is 0 Å². The highest BCUT2D eigenvalue weighted by atomic mass is 79.9. The van der Waals surface area contributed by atoms with Crippen molar-refractivity contribution in [2.45, 2.75) is 19.4 Å². The Bertz CT molecular complexity index is 450. The summed E-state index contributed by atoms with van der Waals surface area (Å²) in [7, 11) is 0. The number of nitrogens with one attached hydrogen (secondary N) is 1. The first-order chi connectivity index (χ1) is 7.91. The highest BCUT2D eigenvalue weighted by Crippen LogP contribution is 2.32. The lowest BCUT2D eigenvalue weighted by Gasteiger charge is -2.14. The van der Waals surface area contributed by atoms with Crippen molar-refractivity contribution < 1.29 is 14.8 Å². The van der Waals surface area contributed by atoms with Gasteiger partial charge in [0.2, 0.25) is 0 Å². The topological polar surface area (TPSA) is 92.5 Å². The highest BCUT2D eigenvalue weighted by Gasteiger charge is 2.18. The Hall–Kier alpha value is -1.63. The van der Waals surface area contributed by atoms with Crippen LogP contribution in [0.2, 0.25) is 0 Å². The van der Waals surface area contributed by atoms with Crippen molar-refractivity contribution in [1.29, 1.82) is 0 Å². The Morgan fingerprint density at radius 1 is 1.65 bits per heavy atom. The Labute approximate surface area is 106 Å². The zero-order valence-electron chi connectivity index (χ0n) is 9.01. The number of benzene rings is 1.